The minimum Gasteiger partial charge on any atom is -0.333 e. The summed E-state index contributed by atoms with van der Waals surface area (Å²) in [6, 6.07) is 54.2. The Bertz CT molecular complexity index is 2330. The molecule has 0 spiro atoms. The lowest BCUT2D eigenvalue weighted by Crippen LogP contribution is -2.28. The van der Waals surface area contributed by atoms with Crippen LogP contribution in [0.25, 0.3) is 33.4 Å². The quantitative estimate of drug-likeness (QED) is 0.185. The number of allylic oxidation sites excluding steroid dienone is 4. The van der Waals surface area contributed by atoms with Gasteiger partial charge in [-0.25, -0.2) is 0 Å². The first-order valence-corrected chi connectivity index (χ1v) is 17.7. The van der Waals surface area contributed by atoms with Crippen molar-refractivity contribution in [2.45, 2.75) is 23.9 Å². The molecule has 2 heteroatoms. The number of nitrogens with zero attached hydrogens (tertiary/aromatic N) is 2. The minimum absolute atomic E-state index is 0.266. The Morgan fingerprint density at radius 2 is 0.700 bits per heavy atom. The zero-order valence-corrected chi connectivity index (χ0v) is 27.7. The van der Waals surface area contributed by atoms with Gasteiger partial charge in [0.15, 0.2) is 0 Å². The SMILES string of the molecule is C1=CC2c3cc(-c4ccc(-c5ccc6c(c5)C5C=CC=CC5N6c5ccc(-c6ccccc6)cc5)cc4)ccc3N(c3ccccc3)C2C=C1. The molecule has 6 aromatic carbocycles. The molecule has 0 bridgehead atoms. The minimum atomic E-state index is 0.266. The molecule has 0 N–H and O–H groups in total. The first kappa shape index (κ1) is 28.9. The molecule has 4 atom stereocenters. The Balaban J connectivity index is 0.953. The van der Waals surface area contributed by atoms with Crippen LogP contribution in [0, 0.1) is 0 Å². The summed E-state index contributed by atoms with van der Waals surface area (Å²) < 4.78 is 0. The smallest absolute Gasteiger partial charge is 0.0629 e. The zero-order valence-electron chi connectivity index (χ0n) is 27.7. The molecular formula is C48H36N2. The third-order valence-corrected chi connectivity index (χ3v) is 10.9. The van der Waals surface area contributed by atoms with Crippen molar-refractivity contribution < 1.29 is 0 Å². The Morgan fingerprint density at radius 1 is 0.320 bits per heavy atom. The van der Waals surface area contributed by atoms with Gasteiger partial charge in [0, 0.05) is 34.6 Å². The van der Waals surface area contributed by atoms with Gasteiger partial charge in [0.25, 0.3) is 0 Å². The summed E-state index contributed by atoms with van der Waals surface area (Å²) >= 11 is 0. The molecule has 6 aromatic rings. The van der Waals surface area contributed by atoms with Crippen molar-refractivity contribution in [2.75, 3.05) is 9.80 Å². The number of fused-ring (bicyclic) bond motifs is 6. The highest BCUT2D eigenvalue weighted by molar-refractivity contribution is 5.82. The van der Waals surface area contributed by atoms with Crippen molar-refractivity contribution >= 4 is 22.7 Å². The molecule has 50 heavy (non-hydrogen) atoms. The van der Waals surface area contributed by atoms with Gasteiger partial charge in [-0.3, -0.25) is 0 Å². The third kappa shape index (κ3) is 4.71. The summed E-state index contributed by atoms with van der Waals surface area (Å²) in [5.41, 5.74) is 15.3. The van der Waals surface area contributed by atoms with E-state index in [0.717, 1.165) is 0 Å². The van der Waals surface area contributed by atoms with Crippen molar-refractivity contribution in [1.29, 1.82) is 0 Å². The van der Waals surface area contributed by atoms with Gasteiger partial charge in [-0.2, -0.15) is 0 Å². The second-order valence-electron chi connectivity index (χ2n) is 13.7. The predicted octanol–water partition coefficient (Wildman–Crippen LogP) is 12.1. The number of para-hydroxylation sites is 1. The van der Waals surface area contributed by atoms with Crippen LogP contribution in [-0.4, -0.2) is 12.1 Å². The van der Waals surface area contributed by atoms with Gasteiger partial charge in [-0.05, 0) is 93.0 Å². The first-order valence-electron chi connectivity index (χ1n) is 17.7. The highest BCUT2D eigenvalue weighted by atomic mass is 15.2. The summed E-state index contributed by atoms with van der Waals surface area (Å²) in [4.78, 5) is 5.00. The van der Waals surface area contributed by atoms with Crippen molar-refractivity contribution in [3.05, 3.63) is 205 Å². The maximum absolute atomic E-state index is 2.51. The van der Waals surface area contributed by atoms with Gasteiger partial charge in [-0.15, -0.1) is 0 Å². The normalized spacial score (nSPS) is 20.8. The fraction of sp³-hybridized carbons (Fsp3) is 0.0833. The largest absolute Gasteiger partial charge is 0.333 e. The van der Waals surface area contributed by atoms with Gasteiger partial charge < -0.3 is 9.80 Å². The molecule has 0 amide bonds. The van der Waals surface area contributed by atoms with Crippen molar-refractivity contribution in [3.63, 3.8) is 0 Å². The molecule has 4 unspecified atom stereocenters. The first-order chi connectivity index (χ1) is 24.8. The van der Waals surface area contributed by atoms with E-state index in [-0.39, 0.29) is 6.04 Å². The van der Waals surface area contributed by atoms with Crippen LogP contribution < -0.4 is 9.80 Å². The molecule has 4 aliphatic rings. The predicted molar refractivity (Wildman–Crippen MR) is 210 cm³/mol. The molecule has 238 valence electrons. The van der Waals surface area contributed by atoms with E-state index in [9.17, 15) is 0 Å². The zero-order chi connectivity index (χ0) is 33.0. The highest BCUT2D eigenvalue weighted by Gasteiger charge is 2.38. The van der Waals surface area contributed by atoms with Crippen LogP contribution in [0.2, 0.25) is 0 Å². The molecular weight excluding hydrogens is 605 g/mol. The molecule has 10 rings (SSSR count). The summed E-state index contributed by atoms with van der Waals surface area (Å²) in [5, 5.41) is 0. The number of hydrogen-bond donors (Lipinski definition) is 0. The van der Waals surface area contributed by atoms with E-state index < -0.39 is 0 Å². The van der Waals surface area contributed by atoms with Crippen LogP contribution in [0.15, 0.2) is 194 Å². The molecule has 2 aliphatic carbocycles. The maximum Gasteiger partial charge on any atom is 0.0629 e. The Morgan fingerprint density at radius 3 is 1.22 bits per heavy atom. The molecule has 0 saturated carbocycles. The van der Waals surface area contributed by atoms with E-state index in [1.807, 2.05) is 0 Å². The van der Waals surface area contributed by atoms with Crippen LogP contribution in [0.4, 0.5) is 22.7 Å². The van der Waals surface area contributed by atoms with E-state index in [1.165, 1.54) is 67.3 Å². The Hall–Kier alpha value is -6.12. The van der Waals surface area contributed by atoms with Crippen molar-refractivity contribution in [2.24, 2.45) is 0 Å². The molecule has 0 saturated heterocycles. The number of hydrogen-bond acceptors (Lipinski definition) is 2. The lowest BCUT2D eigenvalue weighted by molar-refractivity contribution is 0.745. The number of benzene rings is 6. The fourth-order valence-electron chi connectivity index (χ4n) is 8.53. The van der Waals surface area contributed by atoms with E-state index in [1.54, 1.807) is 0 Å². The molecule has 2 nitrogen and oxygen atoms in total. The third-order valence-electron chi connectivity index (χ3n) is 10.9. The van der Waals surface area contributed by atoms with Crippen LogP contribution in [0.5, 0.6) is 0 Å². The van der Waals surface area contributed by atoms with Gasteiger partial charge in [0.1, 0.15) is 0 Å². The fourth-order valence-corrected chi connectivity index (χ4v) is 8.53. The van der Waals surface area contributed by atoms with E-state index in [4.69, 9.17) is 0 Å². The summed E-state index contributed by atoms with van der Waals surface area (Å²) in [5.74, 6) is 0.659. The lowest BCUT2D eigenvalue weighted by atomic mass is 9.89. The standard InChI is InChI=1S/C48H36N2/c1-3-11-33(12-4-1)34-23-27-40(28-24-34)50-46-18-10-8-16-42(46)44-32-38(26-30-48(44)50)36-21-19-35(20-22-36)37-25-29-47-43(31-37)41-15-7-9-17-45(41)49(47)39-13-5-2-6-14-39/h1-32,41-42,45-46H. The van der Waals surface area contributed by atoms with Gasteiger partial charge in [0.05, 0.1) is 12.1 Å². The Kier molecular flexibility index (Phi) is 6.80. The average Bonchev–Trinajstić information content (AvgIpc) is 3.71. The average molecular weight is 641 g/mol. The van der Waals surface area contributed by atoms with E-state index >= 15 is 0 Å². The number of anilines is 4. The second kappa shape index (κ2) is 11.8. The molecule has 0 aromatic heterocycles. The monoisotopic (exact) mass is 640 g/mol. The van der Waals surface area contributed by atoms with E-state index in [2.05, 4.69) is 204 Å². The molecule has 2 heterocycles. The summed E-state index contributed by atoms with van der Waals surface area (Å²) in [6.45, 7) is 0. The van der Waals surface area contributed by atoms with Crippen molar-refractivity contribution in [1.82, 2.24) is 0 Å². The van der Waals surface area contributed by atoms with E-state index in [0.29, 0.717) is 17.9 Å². The Labute approximate surface area is 294 Å². The summed E-state index contributed by atoms with van der Waals surface area (Å²) in [6.07, 6.45) is 18.2. The van der Waals surface area contributed by atoms with Crippen LogP contribution in [-0.2, 0) is 0 Å². The van der Waals surface area contributed by atoms with Crippen LogP contribution in [0.3, 0.4) is 0 Å². The number of rotatable bonds is 5. The second-order valence-corrected chi connectivity index (χ2v) is 13.7. The lowest BCUT2D eigenvalue weighted by Gasteiger charge is -2.28. The molecule has 0 fully saturated rings. The molecule has 0 radical (unpaired) electrons. The van der Waals surface area contributed by atoms with Crippen LogP contribution in [0.1, 0.15) is 23.0 Å². The van der Waals surface area contributed by atoms with Gasteiger partial charge >= 0.3 is 0 Å². The highest BCUT2D eigenvalue weighted by Crippen LogP contribution is 2.50. The molecule has 2 aliphatic heterocycles. The van der Waals surface area contributed by atoms with Crippen LogP contribution >= 0.6 is 0 Å². The van der Waals surface area contributed by atoms with Gasteiger partial charge in [0.2, 0.25) is 0 Å². The van der Waals surface area contributed by atoms with Crippen molar-refractivity contribution in [3.8, 4) is 33.4 Å². The summed E-state index contributed by atoms with van der Waals surface area (Å²) in [7, 11) is 0. The maximum atomic E-state index is 2.51. The van der Waals surface area contributed by atoms with Gasteiger partial charge in [-0.1, -0.05) is 146 Å². The topological polar surface area (TPSA) is 6.48 Å².